The van der Waals surface area contributed by atoms with Crippen LogP contribution >= 0.6 is 0 Å². The van der Waals surface area contributed by atoms with E-state index in [9.17, 15) is 19.5 Å². The summed E-state index contributed by atoms with van der Waals surface area (Å²) >= 11 is 0. The largest absolute Gasteiger partial charge is 0.493 e. The fourth-order valence-corrected chi connectivity index (χ4v) is 4.62. The molecule has 0 bridgehead atoms. The Morgan fingerprint density at radius 3 is 2.36 bits per heavy atom. The number of carbonyl (C=O) groups excluding carboxylic acids is 2. The highest BCUT2D eigenvalue weighted by molar-refractivity contribution is 6.09. The van der Waals surface area contributed by atoms with Crippen LogP contribution in [-0.4, -0.2) is 54.1 Å². The normalized spacial score (nSPS) is 29.4. The molecule has 2 amide bonds. The van der Waals surface area contributed by atoms with Crippen molar-refractivity contribution in [1.82, 2.24) is 10.2 Å². The van der Waals surface area contributed by atoms with Gasteiger partial charge in [0.15, 0.2) is 11.5 Å². The lowest BCUT2D eigenvalue weighted by molar-refractivity contribution is -0.153. The van der Waals surface area contributed by atoms with Crippen LogP contribution in [0.4, 0.5) is 0 Å². The number of benzene rings is 1. The number of carbonyl (C=O) groups is 3. The summed E-state index contributed by atoms with van der Waals surface area (Å²) < 4.78 is 10.6. The van der Waals surface area contributed by atoms with Crippen molar-refractivity contribution in [3.05, 3.63) is 23.8 Å². The minimum Gasteiger partial charge on any atom is -0.493 e. The van der Waals surface area contributed by atoms with E-state index in [0.717, 1.165) is 0 Å². The monoisotopic (exact) mass is 390 g/mol. The summed E-state index contributed by atoms with van der Waals surface area (Å²) in [6.45, 7) is 5.44. The van der Waals surface area contributed by atoms with Crippen molar-refractivity contribution in [1.29, 1.82) is 0 Å². The van der Waals surface area contributed by atoms with Crippen molar-refractivity contribution in [2.45, 2.75) is 32.4 Å². The predicted molar refractivity (Wildman–Crippen MR) is 100 cm³/mol. The molecular formula is C20H26N2O6. The first kappa shape index (κ1) is 20.1. The maximum absolute atomic E-state index is 13.0. The van der Waals surface area contributed by atoms with Gasteiger partial charge >= 0.3 is 5.97 Å². The average molecular weight is 390 g/mol. The van der Waals surface area contributed by atoms with Gasteiger partial charge in [0.1, 0.15) is 5.54 Å². The molecule has 28 heavy (non-hydrogen) atoms. The standard InChI is InChI=1S/C20H26N2O6/c1-6-22-17(23)14-15(18(22)24)20(10(2)3,19(25)26)21-16(14)11-7-8-12(27-4)13(9-11)28-5/h7-10,14-16,21H,6H2,1-5H3,(H,25,26). The SMILES string of the molecule is CCN1C(=O)C2C(c3ccc(OC)c(OC)c3)NC(C(=O)O)(C(C)C)C2C1=O. The Morgan fingerprint density at radius 2 is 1.86 bits per heavy atom. The van der Waals surface area contributed by atoms with Crippen LogP contribution in [0, 0.1) is 17.8 Å². The smallest absolute Gasteiger partial charge is 0.325 e. The zero-order chi connectivity index (χ0) is 20.8. The van der Waals surface area contributed by atoms with Crippen molar-refractivity contribution < 1.29 is 29.0 Å². The van der Waals surface area contributed by atoms with E-state index in [2.05, 4.69) is 5.32 Å². The highest BCUT2D eigenvalue weighted by Crippen LogP contribution is 2.52. The van der Waals surface area contributed by atoms with E-state index in [1.165, 1.54) is 19.1 Å². The van der Waals surface area contributed by atoms with Gasteiger partial charge in [-0.2, -0.15) is 0 Å². The Balaban J connectivity index is 2.17. The molecule has 2 fully saturated rings. The van der Waals surface area contributed by atoms with Crippen LogP contribution in [0.5, 0.6) is 11.5 Å². The number of imide groups is 1. The molecule has 2 aliphatic rings. The van der Waals surface area contributed by atoms with E-state index in [1.807, 2.05) is 0 Å². The molecule has 1 aromatic carbocycles. The maximum Gasteiger partial charge on any atom is 0.325 e. The van der Waals surface area contributed by atoms with Crippen molar-refractivity contribution in [2.75, 3.05) is 20.8 Å². The lowest BCUT2D eigenvalue weighted by Gasteiger charge is -2.34. The minimum atomic E-state index is -1.53. The summed E-state index contributed by atoms with van der Waals surface area (Å²) in [7, 11) is 3.03. The van der Waals surface area contributed by atoms with Crippen LogP contribution in [0.25, 0.3) is 0 Å². The molecule has 2 saturated heterocycles. The van der Waals surface area contributed by atoms with Crippen molar-refractivity contribution >= 4 is 17.8 Å². The molecular weight excluding hydrogens is 364 g/mol. The quantitative estimate of drug-likeness (QED) is 0.708. The Labute approximate surface area is 163 Å². The zero-order valence-corrected chi connectivity index (χ0v) is 16.7. The highest BCUT2D eigenvalue weighted by atomic mass is 16.5. The first-order chi connectivity index (χ1) is 13.2. The number of likely N-dealkylation sites (tertiary alicyclic amines) is 1. The molecule has 0 spiro atoms. The van der Waals surface area contributed by atoms with Gasteiger partial charge in [0.2, 0.25) is 11.8 Å². The third-order valence-electron chi connectivity index (χ3n) is 6.03. The summed E-state index contributed by atoms with van der Waals surface area (Å²) in [5, 5.41) is 13.3. The molecule has 0 saturated carbocycles. The Hall–Kier alpha value is -2.61. The van der Waals surface area contributed by atoms with E-state index < -0.39 is 41.2 Å². The number of amides is 2. The van der Waals surface area contributed by atoms with Gasteiger partial charge in [0.05, 0.1) is 26.1 Å². The maximum atomic E-state index is 13.0. The van der Waals surface area contributed by atoms with Crippen LogP contribution in [0.3, 0.4) is 0 Å². The van der Waals surface area contributed by atoms with Gasteiger partial charge in [-0.1, -0.05) is 19.9 Å². The average Bonchev–Trinajstić information content (AvgIpc) is 3.16. The molecule has 1 aromatic rings. The molecule has 4 atom stereocenters. The summed E-state index contributed by atoms with van der Waals surface area (Å²) in [5.41, 5.74) is -0.852. The highest BCUT2D eigenvalue weighted by Gasteiger charge is 2.69. The second kappa shape index (κ2) is 7.09. The number of nitrogens with zero attached hydrogens (tertiary/aromatic N) is 1. The molecule has 4 unspecified atom stereocenters. The number of hydrogen-bond acceptors (Lipinski definition) is 6. The lowest BCUT2D eigenvalue weighted by atomic mass is 9.73. The van der Waals surface area contributed by atoms with E-state index in [4.69, 9.17) is 9.47 Å². The van der Waals surface area contributed by atoms with Crippen LogP contribution in [0.2, 0.25) is 0 Å². The summed E-state index contributed by atoms with van der Waals surface area (Å²) in [5.74, 6) is -3.05. The molecule has 8 heteroatoms. The van der Waals surface area contributed by atoms with E-state index in [1.54, 1.807) is 39.0 Å². The van der Waals surface area contributed by atoms with E-state index in [0.29, 0.717) is 17.1 Å². The number of carboxylic acid groups (broad SMARTS) is 1. The van der Waals surface area contributed by atoms with Crippen LogP contribution in [0.1, 0.15) is 32.4 Å². The first-order valence-electron chi connectivity index (χ1n) is 9.32. The number of rotatable bonds is 6. The van der Waals surface area contributed by atoms with Gasteiger partial charge < -0.3 is 14.6 Å². The molecule has 0 radical (unpaired) electrons. The van der Waals surface area contributed by atoms with Crippen LogP contribution in [-0.2, 0) is 14.4 Å². The topological polar surface area (TPSA) is 105 Å². The van der Waals surface area contributed by atoms with Gasteiger partial charge in [0.25, 0.3) is 0 Å². The van der Waals surface area contributed by atoms with Crippen LogP contribution < -0.4 is 14.8 Å². The van der Waals surface area contributed by atoms with E-state index in [-0.39, 0.29) is 12.5 Å². The molecule has 2 aliphatic heterocycles. The minimum absolute atomic E-state index is 0.219. The fourth-order valence-electron chi connectivity index (χ4n) is 4.62. The molecule has 0 aliphatic carbocycles. The number of nitrogens with one attached hydrogen (secondary N) is 1. The first-order valence-corrected chi connectivity index (χ1v) is 9.32. The third kappa shape index (κ3) is 2.58. The molecule has 3 rings (SSSR count). The third-order valence-corrected chi connectivity index (χ3v) is 6.03. The molecule has 2 N–H and O–H groups in total. The fraction of sp³-hybridized carbons (Fsp3) is 0.550. The number of hydrogen-bond donors (Lipinski definition) is 2. The Morgan fingerprint density at radius 1 is 1.21 bits per heavy atom. The van der Waals surface area contributed by atoms with Crippen molar-refractivity contribution in [3.8, 4) is 11.5 Å². The number of aliphatic carboxylic acids is 1. The summed E-state index contributed by atoms with van der Waals surface area (Å²) in [4.78, 5) is 39.6. The van der Waals surface area contributed by atoms with Gasteiger partial charge in [-0.3, -0.25) is 24.6 Å². The Bertz CT molecular complexity index is 823. The zero-order valence-electron chi connectivity index (χ0n) is 16.7. The predicted octanol–water partition coefficient (Wildman–Crippen LogP) is 1.45. The second-order valence-electron chi connectivity index (χ2n) is 7.49. The number of fused-ring (bicyclic) bond motifs is 1. The molecule has 0 aromatic heterocycles. The van der Waals surface area contributed by atoms with Gasteiger partial charge in [-0.15, -0.1) is 0 Å². The summed E-state index contributed by atoms with van der Waals surface area (Å²) in [6, 6.07) is 4.56. The number of ether oxygens (including phenoxy) is 2. The van der Waals surface area contributed by atoms with Crippen molar-refractivity contribution in [2.24, 2.45) is 17.8 Å². The molecule has 152 valence electrons. The van der Waals surface area contributed by atoms with Crippen molar-refractivity contribution in [3.63, 3.8) is 0 Å². The van der Waals surface area contributed by atoms with E-state index >= 15 is 0 Å². The molecule has 8 nitrogen and oxygen atoms in total. The summed E-state index contributed by atoms with van der Waals surface area (Å²) in [6.07, 6.45) is 0. The number of carboxylic acids is 1. The van der Waals surface area contributed by atoms with Gasteiger partial charge in [-0.05, 0) is 30.5 Å². The van der Waals surface area contributed by atoms with Crippen LogP contribution in [0.15, 0.2) is 18.2 Å². The van der Waals surface area contributed by atoms with Gasteiger partial charge in [-0.25, -0.2) is 0 Å². The van der Waals surface area contributed by atoms with Gasteiger partial charge in [0, 0.05) is 12.6 Å². The Kier molecular flexibility index (Phi) is 5.10. The second-order valence-corrected chi connectivity index (χ2v) is 7.49. The lowest BCUT2D eigenvalue weighted by Crippen LogP contribution is -2.59. The number of methoxy groups -OCH3 is 2. The molecule has 2 heterocycles.